The fraction of sp³-hybridized carbons (Fsp3) is 0.923. The third-order valence-corrected chi connectivity index (χ3v) is 3.45. The van der Waals surface area contributed by atoms with Crippen molar-refractivity contribution in [2.75, 3.05) is 39.3 Å². The smallest absolute Gasteiger partial charge is 0.191 e. The fourth-order valence-electron chi connectivity index (χ4n) is 2.65. The lowest BCUT2D eigenvalue weighted by Crippen LogP contribution is -2.43. The zero-order chi connectivity index (χ0) is 12.1. The zero-order valence-electron chi connectivity index (χ0n) is 11.6. The first-order chi connectivity index (χ1) is 8.24. The van der Waals surface area contributed by atoms with Crippen molar-refractivity contribution in [3.8, 4) is 0 Å². The molecule has 0 radical (unpaired) electrons. The third kappa shape index (κ3) is 5.30. The molecule has 18 heavy (non-hydrogen) atoms. The Hall–Kier alpha value is -0.0400. The van der Waals surface area contributed by atoms with Gasteiger partial charge in [-0.1, -0.05) is 13.8 Å². The molecule has 2 heterocycles. The van der Waals surface area contributed by atoms with Crippen molar-refractivity contribution in [1.29, 1.82) is 0 Å². The molecule has 5 heteroatoms. The number of aliphatic imine (C=N–C) groups is 1. The van der Waals surface area contributed by atoms with Gasteiger partial charge in [-0.15, -0.1) is 24.0 Å². The van der Waals surface area contributed by atoms with E-state index in [1.54, 1.807) is 0 Å². The van der Waals surface area contributed by atoms with Crippen LogP contribution in [0, 0.1) is 11.8 Å². The van der Waals surface area contributed by atoms with Gasteiger partial charge in [0, 0.05) is 32.7 Å². The first-order valence-electron chi connectivity index (χ1n) is 6.98. The van der Waals surface area contributed by atoms with Crippen LogP contribution in [0.25, 0.3) is 0 Å². The van der Waals surface area contributed by atoms with Crippen molar-refractivity contribution in [3.63, 3.8) is 0 Å². The molecule has 2 N–H and O–H groups in total. The van der Waals surface area contributed by atoms with Crippen LogP contribution in [0.4, 0.5) is 0 Å². The number of guanidine groups is 1. The Balaban J connectivity index is 0.00000162. The predicted molar refractivity (Wildman–Crippen MR) is 87.7 cm³/mol. The van der Waals surface area contributed by atoms with E-state index in [9.17, 15) is 0 Å². The lowest BCUT2D eigenvalue weighted by molar-refractivity contribution is 0.287. The highest BCUT2D eigenvalue weighted by molar-refractivity contribution is 14.0. The molecule has 0 bridgehead atoms. The minimum absolute atomic E-state index is 0. The largest absolute Gasteiger partial charge is 0.356 e. The number of nitrogens with one attached hydrogen (secondary N) is 2. The molecular weight excluding hydrogens is 339 g/mol. The lowest BCUT2D eigenvalue weighted by Gasteiger charge is -2.20. The minimum Gasteiger partial charge on any atom is -0.356 e. The Morgan fingerprint density at radius 3 is 3.00 bits per heavy atom. The summed E-state index contributed by atoms with van der Waals surface area (Å²) in [5.41, 5.74) is 0. The van der Waals surface area contributed by atoms with Gasteiger partial charge in [0.15, 0.2) is 5.96 Å². The molecule has 0 aromatic rings. The zero-order valence-corrected chi connectivity index (χ0v) is 13.9. The molecule has 0 spiro atoms. The summed E-state index contributed by atoms with van der Waals surface area (Å²) in [6, 6.07) is 0. The highest BCUT2D eigenvalue weighted by Crippen LogP contribution is 2.16. The highest BCUT2D eigenvalue weighted by atomic mass is 127. The van der Waals surface area contributed by atoms with Crippen molar-refractivity contribution < 1.29 is 0 Å². The van der Waals surface area contributed by atoms with Crippen LogP contribution in [0.3, 0.4) is 0 Å². The molecule has 0 aromatic carbocycles. The van der Waals surface area contributed by atoms with Crippen LogP contribution in [0.1, 0.15) is 26.7 Å². The summed E-state index contributed by atoms with van der Waals surface area (Å²) in [5.74, 6) is 2.59. The second kappa shape index (κ2) is 8.19. The minimum atomic E-state index is 0. The predicted octanol–water partition coefficient (Wildman–Crippen LogP) is 1.52. The van der Waals surface area contributed by atoms with Gasteiger partial charge in [0.2, 0.25) is 0 Å². The van der Waals surface area contributed by atoms with E-state index >= 15 is 0 Å². The average Bonchev–Trinajstić information content (AvgIpc) is 2.75. The summed E-state index contributed by atoms with van der Waals surface area (Å²) in [6.07, 6.45) is 2.49. The molecule has 2 aliphatic rings. The number of likely N-dealkylation sites (tertiary alicyclic amines) is 1. The Labute approximate surface area is 128 Å². The van der Waals surface area contributed by atoms with Gasteiger partial charge in [-0.05, 0) is 31.2 Å². The van der Waals surface area contributed by atoms with Gasteiger partial charge in [0.1, 0.15) is 0 Å². The van der Waals surface area contributed by atoms with Crippen LogP contribution < -0.4 is 10.6 Å². The number of hydrogen-bond acceptors (Lipinski definition) is 4. The van der Waals surface area contributed by atoms with Crippen LogP contribution in [0.5, 0.6) is 0 Å². The van der Waals surface area contributed by atoms with Gasteiger partial charge in [-0.3, -0.25) is 4.99 Å². The maximum Gasteiger partial charge on any atom is 0.191 e. The third-order valence-electron chi connectivity index (χ3n) is 3.45. The Morgan fingerprint density at radius 2 is 2.33 bits per heavy atom. The van der Waals surface area contributed by atoms with E-state index in [0.29, 0.717) is 0 Å². The Kier molecular flexibility index (Phi) is 7.29. The van der Waals surface area contributed by atoms with E-state index in [0.717, 1.165) is 43.9 Å². The van der Waals surface area contributed by atoms with Crippen molar-refractivity contribution in [2.24, 2.45) is 16.8 Å². The Bertz CT molecular complexity index is 268. The summed E-state index contributed by atoms with van der Waals surface area (Å²) in [5, 5.41) is 6.76. The van der Waals surface area contributed by atoms with Crippen LogP contribution in [-0.2, 0) is 0 Å². The molecule has 0 aromatic heterocycles. The van der Waals surface area contributed by atoms with Crippen LogP contribution in [0.15, 0.2) is 4.99 Å². The van der Waals surface area contributed by atoms with Crippen molar-refractivity contribution in [2.45, 2.75) is 26.7 Å². The molecule has 1 saturated heterocycles. The van der Waals surface area contributed by atoms with Gasteiger partial charge < -0.3 is 15.5 Å². The van der Waals surface area contributed by atoms with Crippen LogP contribution in [0.2, 0.25) is 0 Å². The van der Waals surface area contributed by atoms with E-state index in [4.69, 9.17) is 0 Å². The summed E-state index contributed by atoms with van der Waals surface area (Å²) in [6.45, 7) is 11.5. The first-order valence-corrected chi connectivity index (χ1v) is 6.98. The summed E-state index contributed by atoms with van der Waals surface area (Å²) >= 11 is 0. The number of nitrogens with zero attached hydrogens (tertiary/aromatic N) is 2. The second-order valence-corrected chi connectivity index (χ2v) is 5.70. The number of hydrogen-bond donors (Lipinski definition) is 2. The van der Waals surface area contributed by atoms with Crippen molar-refractivity contribution in [1.82, 2.24) is 15.5 Å². The van der Waals surface area contributed by atoms with Crippen LogP contribution in [-0.4, -0.2) is 50.1 Å². The molecule has 0 aliphatic carbocycles. The molecule has 2 rings (SSSR count). The number of halogens is 1. The maximum absolute atomic E-state index is 4.44. The van der Waals surface area contributed by atoms with Crippen LogP contribution >= 0.6 is 24.0 Å². The standard InChI is InChI=1S/C13H26N4.HI/c1-11(2)9-17-7-4-12(10-17)8-16-13-14-5-3-6-15-13;/h11-12H,3-10H2,1-2H3,(H2,14,15,16);1H. The average molecular weight is 366 g/mol. The van der Waals surface area contributed by atoms with Gasteiger partial charge in [0.05, 0.1) is 0 Å². The normalized spacial score (nSPS) is 24.4. The molecular formula is C13H27IN4. The molecule has 1 unspecified atom stereocenters. The topological polar surface area (TPSA) is 39.7 Å². The van der Waals surface area contributed by atoms with E-state index in [2.05, 4.69) is 34.4 Å². The monoisotopic (exact) mass is 366 g/mol. The van der Waals surface area contributed by atoms with E-state index in [1.165, 1.54) is 26.1 Å². The maximum atomic E-state index is 4.44. The van der Waals surface area contributed by atoms with E-state index in [1.807, 2.05) is 0 Å². The molecule has 4 nitrogen and oxygen atoms in total. The van der Waals surface area contributed by atoms with E-state index < -0.39 is 0 Å². The van der Waals surface area contributed by atoms with Gasteiger partial charge in [-0.25, -0.2) is 0 Å². The quantitative estimate of drug-likeness (QED) is 0.742. The van der Waals surface area contributed by atoms with Gasteiger partial charge >= 0.3 is 0 Å². The van der Waals surface area contributed by atoms with Gasteiger partial charge in [0.25, 0.3) is 0 Å². The Morgan fingerprint density at radius 1 is 1.50 bits per heavy atom. The molecule has 1 atom stereocenters. The summed E-state index contributed by atoms with van der Waals surface area (Å²) < 4.78 is 0. The first kappa shape index (κ1) is 16.0. The molecule has 106 valence electrons. The summed E-state index contributed by atoms with van der Waals surface area (Å²) in [4.78, 5) is 7.03. The fourth-order valence-corrected chi connectivity index (χ4v) is 2.65. The summed E-state index contributed by atoms with van der Waals surface area (Å²) in [7, 11) is 0. The molecule has 0 saturated carbocycles. The highest BCUT2D eigenvalue weighted by Gasteiger charge is 2.22. The molecule has 2 aliphatic heterocycles. The van der Waals surface area contributed by atoms with Gasteiger partial charge in [-0.2, -0.15) is 0 Å². The SMILES string of the molecule is CC(C)CN1CCC(CNC2=NCCCN2)C1.I. The molecule has 1 fully saturated rings. The number of rotatable bonds is 4. The van der Waals surface area contributed by atoms with Crippen molar-refractivity contribution in [3.05, 3.63) is 0 Å². The second-order valence-electron chi connectivity index (χ2n) is 5.70. The lowest BCUT2D eigenvalue weighted by atomic mass is 10.1. The van der Waals surface area contributed by atoms with E-state index in [-0.39, 0.29) is 24.0 Å². The molecule has 0 amide bonds. The van der Waals surface area contributed by atoms with Crippen molar-refractivity contribution >= 4 is 29.9 Å².